The number of hydrogen-bond acceptors (Lipinski definition) is 4. The number of rotatable bonds is 4. The molecule has 5 rings (SSSR count). The first-order valence-corrected chi connectivity index (χ1v) is 12.4. The van der Waals surface area contributed by atoms with Crippen LogP contribution in [0.25, 0.3) is 27.0 Å². The maximum Gasteiger partial charge on any atom is 0.262 e. The van der Waals surface area contributed by atoms with Crippen LogP contribution in [0.2, 0.25) is 0 Å². The molecule has 33 heavy (non-hydrogen) atoms. The third kappa shape index (κ3) is 3.81. The number of nitrogens with zero attached hydrogens (tertiary/aromatic N) is 3. The van der Waals surface area contributed by atoms with E-state index in [2.05, 4.69) is 6.92 Å². The van der Waals surface area contributed by atoms with Gasteiger partial charge in [0, 0.05) is 12.6 Å². The maximum atomic E-state index is 13.6. The van der Waals surface area contributed by atoms with Gasteiger partial charge in [-0.1, -0.05) is 31.2 Å². The second kappa shape index (κ2) is 8.83. The lowest BCUT2D eigenvalue weighted by Gasteiger charge is -2.35. The van der Waals surface area contributed by atoms with Gasteiger partial charge in [0.25, 0.3) is 5.56 Å². The van der Waals surface area contributed by atoms with E-state index in [0.717, 1.165) is 42.7 Å². The van der Waals surface area contributed by atoms with E-state index < -0.39 is 0 Å². The molecule has 4 aromatic rings. The lowest BCUT2D eigenvalue weighted by molar-refractivity contribution is -0.135. The first kappa shape index (κ1) is 22.0. The molecule has 1 amide bonds. The quantitative estimate of drug-likeness (QED) is 0.354. The van der Waals surface area contributed by atoms with Crippen molar-refractivity contribution in [1.29, 1.82) is 0 Å². The van der Waals surface area contributed by atoms with E-state index in [-0.39, 0.29) is 29.9 Å². The van der Waals surface area contributed by atoms with E-state index >= 15 is 0 Å². The van der Waals surface area contributed by atoms with Gasteiger partial charge in [-0.15, -0.1) is 11.3 Å². The zero-order valence-corrected chi connectivity index (χ0v) is 19.9. The van der Waals surface area contributed by atoms with Gasteiger partial charge in [-0.25, -0.2) is 4.39 Å². The van der Waals surface area contributed by atoms with E-state index in [1.165, 1.54) is 23.5 Å². The molecule has 1 saturated heterocycles. The summed E-state index contributed by atoms with van der Waals surface area (Å²) in [4.78, 5) is 29.8. The largest absolute Gasteiger partial charge is 0.338 e. The van der Waals surface area contributed by atoms with Gasteiger partial charge < -0.3 is 4.90 Å². The number of para-hydroxylation sites is 1. The third-order valence-electron chi connectivity index (χ3n) is 6.48. The fourth-order valence-electron chi connectivity index (χ4n) is 4.83. The highest BCUT2D eigenvalue weighted by molar-refractivity contribution is 7.73. The van der Waals surface area contributed by atoms with Crippen molar-refractivity contribution >= 4 is 46.0 Å². The third-order valence-corrected chi connectivity index (χ3v) is 7.89. The Labute approximate surface area is 199 Å². The Morgan fingerprint density at radius 3 is 2.67 bits per heavy atom. The van der Waals surface area contributed by atoms with Crippen LogP contribution in [0.15, 0.2) is 53.3 Å². The number of fused-ring (bicyclic) bond motifs is 3. The van der Waals surface area contributed by atoms with Crippen LogP contribution in [-0.4, -0.2) is 32.4 Å². The molecule has 1 atom stereocenters. The number of hydrogen-bond donors (Lipinski definition) is 0. The summed E-state index contributed by atoms with van der Waals surface area (Å²) in [6.45, 7) is 2.77. The summed E-state index contributed by atoms with van der Waals surface area (Å²) in [5.41, 5.74) is 1.83. The minimum absolute atomic E-state index is 0.0522. The van der Waals surface area contributed by atoms with Crippen LogP contribution >= 0.6 is 23.6 Å². The monoisotopic (exact) mass is 481 g/mol. The predicted octanol–water partition coefficient (Wildman–Crippen LogP) is 5.64. The summed E-state index contributed by atoms with van der Waals surface area (Å²) in [6, 6.07) is 13.7. The van der Waals surface area contributed by atoms with Gasteiger partial charge in [0.05, 0.1) is 15.8 Å². The molecule has 0 bridgehead atoms. The molecule has 8 heteroatoms. The van der Waals surface area contributed by atoms with Crippen molar-refractivity contribution < 1.29 is 9.18 Å². The summed E-state index contributed by atoms with van der Waals surface area (Å²) >= 11 is 7.07. The number of likely N-dealkylation sites (tertiary alicyclic amines) is 1. The molecule has 1 fully saturated rings. The average molecular weight is 482 g/mol. The number of carbonyl (C=O) groups excluding carboxylic acids is 1. The number of carbonyl (C=O) groups is 1. The smallest absolute Gasteiger partial charge is 0.262 e. The molecule has 0 unspecified atom stereocenters. The fraction of sp³-hybridized carbons (Fsp3) is 0.320. The standard InChI is InChI=1S/C25H24FN3O2S2/c1-2-18-7-5-6-14-27(18)21(30)15-28-23-22(16-10-12-17(26)13-11-16)33-25(32)29(23)20-9-4-3-8-19(20)24(28)31/h3-4,8-13,18H,2,5-7,14-15H2,1H3/t18-/m1/s1. The SMILES string of the molecule is CC[C@@H]1CCCCN1C(=O)Cn1c(=O)c2ccccc2n2c(=S)sc(-c3ccc(F)cc3)c12. The lowest BCUT2D eigenvalue weighted by atomic mass is 10.00. The summed E-state index contributed by atoms with van der Waals surface area (Å²) in [7, 11) is 0. The van der Waals surface area contributed by atoms with E-state index in [4.69, 9.17) is 12.2 Å². The van der Waals surface area contributed by atoms with E-state index in [9.17, 15) is 14.0 Å². The Balaban J connectivity index is 1.75. The Kier molecular flexibility index (Phi) is 5.88. The Hall–Kier alpha value is -2.84. The van der Waals surface area contributed by atoms with Crippen molar-refractivity contribution in [2.24, 2.45) is 0 Å². The van der Waals surface area contributed by atoms with Crippen molar-refractivity contribution in [3.05, 3.63) is 68.7 Å². The molecule has 5 nitrogen and oxygen atoms in total. The Bertz CT molecular complexity index is 1470. The topological polar surface area (TPSA) is 46.7 Å². The van der Waals surface area contributed by atoms with Crippen molar-refractivity contribution in [1.82, 2.24) is 13.9 Å². The molecule has 1 aliphatic rings. The number of amides is 1. The molecule has 1 aliphatic heterocycles. The average Bonchev–Trinajstić information content (AvgIpc) is 3.19. The number of piperidine rings is 1. The Morgan fingerprint density at radius 2 is 1.91 bits per heavy atom. The number of thiazole rings is 1. The molecule has 0 saturated carbocycles. The van der Waals surface area contributed by atoms with Crippen molar-refractivity contribution in [3.8, 4) is 10.4 Å². The first-order chi connectivity index (χ1) is 16.0. The van der Waals surface area contributed by atoms with Crippen LogP contribution in [0.1, 0.15) is 32.6 Å². The molecule has 0 N–H and O–H groups in total. The second-order valence-electron chi connectivity index (χ2n) is 8.42. The molecule has 0 aliphatic carbocycles. The molecule has 3 heterocycles. The van der Waals surface area contributed by atoms with Crippen LogP contribution < -0.4 is 5.56 Å². The first-order valence-electron chi connectivity index (χ1n) is 11.2. The van der Waals surface area contributed by atoms with Gasteiger partial charge >= 0.3 is 0 Å². The minimum Gasteiger partial charge on any atom is -0.338 e. The van der Waals surface area contributed by atoms with Gasteiger partial charge in [0.15, 0.2) is 3.95 Å². The van der Waals surface area contributed by atoms with Crippen molar-refractivity contribution in [2.75, 3.05) is 6.54 Å². The number of halogens is 1. The highest BCUT2D eigenvalue weighted by atomic mass is 32.1. The molecule has 2 aromatic carbocycles. The number of benzene rings is 2. The summed E-state index contributed by atoms with van der Waals surface area (Å²) in [6.07, 6.45) is 4.00. The second-order valence-corrected chi connectivity index (χ2v) is 10.1. The summed E-state index contributed by atoms with van der Waals surface area (Å²) in [5, 5.41) is 0.517. The fourth-order valence-corrected chi connectivity index (χ4v) is 6.26. The zero-order valence-electron chi connectivity index (χ0n) is 18.3. The van der Waals surface area contributed by atoms with Gasteiger partial charge in [-0.2, -0.15) is 0 Å². The lowest BCUT2D eigenvalue weighted by Crippen LogP contribution is -2.46. The maximum absolute atomic E-state index is 13.6. The molecular weight excluding hydrogens is 457 g/mol. The van der Waals surface area contributed by atoms with Crippen LogP contribution in [-0.2, 0) is 11.3 Å². The zero-order chi connectivity index (χ0) is 23.1. The molecular formula is C25H24FN3O2S2. The minimum atomic E-state index is -0.334. The van der Waals surface area contributed by atoms with Gasteiger partial charge in [-0.05, 0) is 67.7 Å². The van der Waals surface area contributed by atoms with Crippen LogP contribution in [0, 0.1) is 9.77 Å². The summed E-state index contributed by atoms with van der Waals surface area (Å²) in [5.74, 6) is -0.386. The highest BCUT2D eigenvalue weighted by Crippen LogP contribution is 2.33. The van der Waals surface area contributed by atoms with Crippen LogP contribution in [0.3, 0.4) is 0 Å². The Morgan fingerprint density at radius 1 is 1.15 bits per heavy atom. The van der Waals surface area contributed by atoms with Gasteiger partial charge in [0.2, 0.25) is 5.91 Å². The van der Waals surface area contributed by atoms with Gasteiger partial charge in [-0.3, -0.25) is 18.6 Å². The molecule has 170 valence electrons. The summed E-state index contributed by atoms with van der Waals surface area (Å²) < 4.78 is 17.6. The molecule has 0 radical (unpaired) electrons. The van der Waals surface area contributed by atoms with E-state index in [1.807, 2.05) is 27.5 Å². The molecule has 0 spiro atoms. The van der Waals surface area contributed by atoms with Crippen LogP contribution in [0.4, 0.5) is 4.39 Å². The van der Waals surface area contributed by atoms with Crippen molar-refractivity contribution in [3.63, 3.8) is 0 Å². The normalized spacial score (nSPS) is 16.5. The van der Waals surface area contributed by atoms with Crippen LogP contribution in [0.5, 0.6) is 0 Å². The van der Waals surface area contributed by atoms with Crippen molar-refractivity contribution in [2.45, 2.75) is 45.2 Å². The molecule has 2 aromatic heterocycles. The van der Waals surface area contributed by atoms with E-state index in [0.29, 0.717) is 20.5 Å². The highest BCUT2D eigenvalue weighted by Gasteiger charge is 2.27. The predicted molar refractivity (Wildman–Crippen MR) is 133 cm³/mol. The number of aromatic nitrogens is 2. The van der Waals surface area contributed by atoms with E-state index in [1.54, 1.807) is 22.8 Å². The van der Waals surface area contributed by atoms with Gasteiger partial charge in [0.1, 0.15) is 18.0 Å².